The van der Waals surface area contributed by atoms with Crippen LogP contribution in [-0.4, -0.2) is 6.61 Å². The molecule has 0 aliphatic heterocycles. The molecular weight excluding hydrogens is 414 g/mol. The van der Waals surface area contributed by atoms with Crippen LogP contribution in [0.3, 0.4) is 0 Å². The van der Waals surface area contributed by atoms with Gasteiger partial charge >= 0.3 is 0 Å². The zero-order valence-electron chi connectivity index (χ0n) is 20.3. The third kappa shape index (κ3) is 6.58. The summed E-state index contributed by atoms with van der Waals surface area (Å²) in [6.07, 6.45) is 16.2. The first-order valence-corrected chi connectivity index (χ1v) is 13.3. The zero-order chi connectivity index (χ0) is 23.0. The number of unbranched alkanes of at least 4 members (excludes halogenated alkanes) is 2. The van der Waals surface area contributed by atoms with Crippen LogP contribution in [0.2, 0.25) is 0 Å². The largest absolute Gasteiger partial charge is 0.494 e. The average Bonchev–Trinajstić information content (AvgIpc) is 2.85. The van der Waals surface area contributed by atoms with Gasteiger partial charge in [0.05, 0.1) is 6.61 Å². The Balaban J connectivity index is 1.25. The average molecular weight is 455 g/mol. The highest BCUT2D eigenvalue weighted by atomic mass is 19.2. The van der Waals surface area contributed by atoms with E-state index in [0.717, 1.165) is 43.8 Å². The van der Waals surface area contributed by atoms with Gasteiger partial charge in [-0.2, -0.15) is 0 Å². The molecule has 0 amide bonds. The summed E-state index contributed by atoms with van der Waals surface area (Å²) in [5.41, 5.74) is 1.57. The minimum atomic E-state index is -0.724. The molecule has 2 fully saturated rings. The second-order valence-electron chi connectivity index (χ2n) is 10.5. The molecule has 0 N–H and O–H groups in total. The van der Waals surface area contributed by atoms with Gasteiger partial charge in [-0.3, -0.25) is 0 Å². The van der Waals surface area contributed by atoms with Crippen molar-refractivity contribution in [2.75, 3.05) is 6.61 Å². The Morgan fingerprint density at radius 3 is 2.21 bits per heavy atom. The molecule has 2 aliphatic rings. The van der Waals surface area contributed by atoms with E-state index in [-0.39, 0.29) is 5.92 Å². The predicted octanol–water partition coefficient (Wildman–Crippen LogP) is 9.44. The van der Waals surface area contributed by atoms with Crippen molar-refractivity contribution in [2.24, 2.45) is 11.8 Å². The lowest BCUT2D eigenvalue weighted by Gasteiger charge is -2.27. The fraction of sp³-hybridized carbons (Fsp3) is 0.600. The van der Waals surface area contributed by atoms with Crippen molar-refractivity contribution in [2.45, 2.75) is 96.3 Å². The SMILES string of the molecule is CC1CCC(c2ccc(-c3ccc(OCCCCCC4CCCCC4)cc3)c(F)c2F)CC1. The van der Waals surface area contributed by atoms with Crippen molar-refractivity contribution in [3.63, 3.8) is 0 Å². The number of benzene rings is 2. The zero-order valence-corrected chi connectivity index (χ0v) is 20.3. The summed E-state index contributed by atoms with van der Waals surface area (Å²) in [5.74, 6) is 1.19. The molecule has 2 aliphatic carbocycles. The van der Waals surface area contributed by atoms with Crippen LogP contribution in [-0.2, 0) is 0 Å². The van der Waals surface area contributed by atoms with Gasteiger partial charge in [0.2, 0.25) is 0 Å². The Labute approximate surface area is 198 Å². The molecule has 2 saturated carbocycles. The summed E-state index contributed by atoms with van der Waals surface area (Å²) < 4.78 is 35.7. The summed E-state index contributed by atoms with van der Waals surface area (Å²) in [4.78, 5) is 0. The van der Waals surface area contributed by atoms with E-state index >= 15 is 0 Å². The summed E-state index contributed by atoms with van der Waals surface area (Å²) >= 11 is 0. The van der Waals surface area contributed by atoms with Crippen LogP contribution in [0.5, 0.6) is 5.75 Å². The van der Waals surface area contributed by atoms with Crippen LogP contribution in [0, 0.1) is 23.5 Å². The van der Waals surface area contributed by atoms with Gasteiger partial charge < -0.3 is 4.74 Å². The Morgan fingerprint density at radius 2 is 1.48 bits per heavy atom. The Hall–Kier alpha value is -1.90. The van der Waals surface area contributed by atoms with Gasteiger partial charge in [0, 0.05) is 5.56 Å². The lowest BCUT2D eigenvalue weighted by atomic mass is 9.79. The predicted molar refractivity (Wildman–Crippen MR) is 133 cm³/mol. The number of ether oxygens (including phenoxy) is 1. The first-order valence-electron chi connectivity index (χ1n) is 13.3. The maximum atomic E-state index is 14.9. The molecule has 33 heavy (non-hydrogen) atoms. The van der Waals surface area contributed by atoms with Crippen molar-refractivity contribution >= 4 is 0 Å². The monoisotopic (exact) mass is 454 g/mol. The molecule has 0 spiro atoms. The van der Waals surface area contributed by atoms with Gasteiger partial charge in [0.1, 0.15) is 5.75 Å². The Morgan fingerprint density at radius 1 is 0.758 bits per heavy atom. The van der Waals surface area contributed by atoms with Crippen molar-refractivity contribution in [1.29, 1.82) is 0 Å². The highest BCUT2D eigenvalue weighted by Crippen LogP contribution is 2.39. The fourth-order valence-electron chi connectivity index (χ4n) is 5.78. The molecule has 0 unspecified atom stereocenters. The summed E-state index contributed by atoms with van der Waals surface area (Å²) in [7, 11) is 0. The van der Waals surface area contributed by atoms with Gasteiger partial charge in [-0.05, 0) is 60.3 Å². The fourth-order valence-corrected chi connectivity index (χ4v) is 5.78. The van der Waals surface area contributed by atoms with Crippen molar-refractivity contribution in [1.82, 2.24) is 0 Å². The minimum absolute atomic E-state index is 0.142. The molecule has 0 heterocycles. The number of halogens is 2. The van der Waals surface area contributed by atoms with E-state index in [0.29, 0.717) is 29.2 Å². The van der Waals surface area contributed by atoms with E-state index in [9.17, 15) is 8.78 Å². The number of hydrogen-bond donors (Lipinski definition) is 0. The summed E-state index contributed by atoms with van der Waals surface area (Å²) in [6.45, 7) is 2.95. The molecule has 0 radical (unpaired) electrons. The summed E-state index contributed by atoms with van der Waals surface area (Å²) in [5, 5.41) is 0. The van der Waals surface area contributed by atoms with Crippen LogP contribution in [0.25, 0.3) is 11.1 Å². The maximum Gasteiger partial charge on any atom is 0.166 e. The first-order chi connectivity index (χ1) is 16.1. The lowest BCUT2D eigenvalue weighted by Crippen LogP contribution is -2.13. The molecule has 0 atom stereocenters. The normalized spacial score (nSPS) is 21.8. The minimum Gasteiger partial charge on any atom is -0.494 e. The highest BCUT2D eigenvalue weighted by Gasteiger charge is 2.25. The van der Waals surface area contributed by atoms with Gasteiger partial charge in [0.15, 0.2) is 11.6 Å². The second kappa shape index (κ2) is 12.0. The maximum absolute atomic E-state index is 14.9. The van der Waals surface area contributed by atoms with Crippen LogP contribution in [0.4, 0.5) is 8.78 Å². The molecule has 4 rings (SSSR count). The van der Waals surface area contributed by atoms with E-state index in [1.54, 1.807) is 12.1 Å². The number of rotatable bonds is 9. The van der Waals surface area contributed by atoms with Crippen LogP contribution >= 0.6 is 0 Å². The van der Waals surface area contributed by atoms with Gasteiger partial charge in [-0.15, -0.1) is 0 Å². The van der Waals surface area contributed by atoms with E-state index in [1.165, 1.54) is 51.4 Å². The molecule has 0 bridgehead atoms. The van der Waals surface area contributed by atoms with Crippen LogP contribution in [0.15, 0.2) is 36.4 Å². The third-order valence-corrected chi connectivity index (χ3v) is 7.98. The van der Waals surface area contributed by atoms with E-state index in [2.05, 4.69) is 6.92 Å². The molecule has 0 aromatic heterocycles. The highest BCUT2D eigenvalue weighted by molar-refractivity contribution is 5.65. The van der Waals surface area contributed by atoms with Crippen molar-refractivity contribution in [3.05, 3.63) is 53.6 Å². The molecular formula is C30H40F2O. The van der Waals surface area contributed by atoms with E-state index in [1.807, 2.05) is 24.3 Å². The molecule has 3 heteroatoms. The molecule has 2 aromatic rings. The summed E-state index contributed by atoms with van der Waals surface area (Å²) in [6, 6.07) is 10.9. The number of hydrogen-bond acceptors (Lipinski definition) is 1. The van der Waals surface area contributed by atoms with E-state index in [4.69, 9.17) is 4.74 Å². The van der Waals surface area contributed by atoms with Crippen LogP contribution < -0.4 is 4.74 Å². The Bertz CT molecular complexity index is 862. The first kappa shape index (κ1) is 24.2. The lowest BCUT2D eigenvalue weighted by molar-refractivity contribution is 0.293. The van der Waals surface area contributed by atoms with Gasteiger partial charge in [0.25, 0.3) is 0 Å². The van der Waals surface area contributed by atoms with Crippen molar-refractivity contribution < 1.29 is 13.5 Å². The second-order valence-corrected chi connectivity index (χ2v) is 10.5. The van der Waals surface area contributed by atoms with E-state index < -0.39 is 11.6 Å². The third-order valence-electron chi connectivity index (χ3n) is 7.98. The molecule has 2 aromatic carbocycles. The molecule has 1 nitrogen and oxygen atoms in total. The molecule has 180 valence electrons. The Kier molecular flexibility index (Phi) is 8.81. The van der Waals surface area contributed by atoms with Gasteiger partial charge in [-0.1, -0.05) is 95.4 Å². The van der Waals surface area contributed by atoms with Gasteiger partial charge in [-0.25, -0.2) is 8.78 Å². The smallest absolute Gasteiger partial charge is 0.166 e. The van der Waals surface area contributed by atoms with Crippen LogP contribution in [0.1, 0.15) is 102 Å². The van der Waals surface area contributed by atoms with Crippen molar-refractivity contribution in [3.8, 4) is 16.9 Å². The molecule has 0 saturated heterocycles. The standard InChI is InChI=1S/C30H40F2O/c1-22-11-13-24(14-12-22)27-19-20-28(30(32)29(27)31)25-15-17-26(18-16-25)33-21-7-3-6-10-23-8-4-2-5-9-23/h15-20,22-24H,2-14,21H2,1H3. The quantitative estimate of drug-likeness (QED) is 0.343. The topological polar surface area (TPSA) is 9.23 Å².